The van der Waals surface area contributed by atoms with Crippen molar-refractivity contribution in [2.24, 2.45) is 0 Å². The molecule has 0 amide bonds. The zero-order valence-electron chi connectivity index (χ0n) is 10.2. The number of hydrogen-bond acceptors (Lipinski definition) is 3. The number of thiazole rings is 1. The minimum absolute atomic E-state index is 0.256. The number of rotatable bonds is 3. The number of para-hydroxylation sites is 1. The summed E-state index contributed by atoms with van der Waals surface area (Å²) in [4.78, 5) is 9.64. The summed E-state index contributed by atoms with van der Waals surface area (Å²) in [6.45, 7) is 2.59. The van der Waals surface area contributed by atoms with Crippen LogP contribution in [0.15, 0.2) is 23.7 Å². The average Bonchev–Trinajstić information content (AvgIpc) is 2.96. The molecule has 2 aromatic heterocycles. The van der Waals surface area contributed by atoms with Crippen molar-refractivity contribution in [1.82, 2.24) is 14.5 Å². The number of fused-ring (bicyclic) bond motifs is 1. The minimum atomic E-state index is -0.316. The summed E-state index contributed by atoms with van der Waals surface area (Å²) in [6.07, 6.45) is 0. The molecule has 0 fully saturated rings. The first kappa shape index (κ1) is 12.6. The van der Waals surface area contributed by atoms with E-state index in [1.165, 1.54) is 6.07 Å². The molecule has 1 aromatic carbocycles. The molecule has 0 aliphatic rings. The maximum atomic E-state index is 13.7. The number of hydrogen-bond donors (Lipinski definition) is 0. The van der Waals surface area contributed by atoms with Crippen molar-refractivity contribution in [2.45, 2.75) is 19.3 Å². The molecular formula is C13H11ClFN3S. The van der Waals surface area contributed by atoms with Gasteiger partial charge in [0.25, 0.3) is 0 Å². The molecular weight excluding hydrogens is 285 g/mol. The second-order valence-electron chi connectivity index (χ2n) is 4.22. The van der Waals surface area contributed by atoms with Crippen LogP contribution in [0.5, 0.6) is 0 Å². The van der Waals surface area contributed by atoms with Crippen LogP contribution in [0.25, 0.3) is 11.0 Å². The largest absolute Gasteiger partial charge is 0.321 e. The van der Waals surface area contributed by atoms with E-state index in [-0.39, 0.29) is 11.7 Å². The third-order valence-corrected chi connectivity index (χ3v) is 4.23. The monoisotopic (exact) mass is 295 g/mol. The van der Waals surface area contributed by atoms with Gasteiger partial charge in [-0.1, -0.05) is 6.07 Å². The van der Waals surface area contributed by atoms with Gasteiger partial charge in [0.15, 0.2) is 5.82 Å². The number of alkyl halides is 1. The van der Waals surface area contributed by atoms with E-state index in [9.17, 15) is 4.39 Å². The summed E-state index contributed by atoms with van der Waals surface area (Å²) in [6, 6.07) is 4.96. The van der Waals surface area contributed by atoms with Crippen molar-refractivity contribution in [1.29, 1.82) is 0 Å². The summed E-state index contributed by atoms with van der Waals surface area (Å²) < 4.78 is 15.7. The topological polar surface area (TPSA) is 30.7 Å². The molecule has 0 aliphatic carbocycles. The third kappa shape index (κ3) is 2.13. The van der Waals surface area contributed by atoms with Gasteiger partial charge in [0.2, 0.25) is 0 Å². The van der Waals surface area contributed by atoms with Gasteiger partial charge in [-0.3, -0.25) is 0 Å². The maximum Gasteiger partial charge on any atom is 0.151 e. The van der Waals surface area contributed by atoms with Gasteiger partial charge in [-0.2, -0.15) is 0 Å². The van der Waals surface area contributed by atoms with Crippen molar-refractivity contribution in [3.05, 3.63) is 45.9 Å². The van der Waals surface area contributed by atoms with Crippen LogP contribution < -0.4 is 0 Å². The van der Waals surface area contributed by atoms with E-state index < -0.39 is 0 Å². The lowest BCUT2D eigenvalue weighted by Gasteiger charge is -2.06. The Morgan fingerprint density at radius 1 is 1.42 bits per heavy atom. The quantitative estimate of drug-likeness (QED) is 0.689. The fraction of sp³-hybridized carbons (Fsp3) is 0.231. The predicted octanol–water partition coefficient (Wildman–Crippen LogP) is 3.73. The zero-order valence-corrected chi connectivity index (χ0v) is 11.8. The Balaban J connectivity index is 2.16. The number of aryl methyl sites for hydroxylation is 1. The van der Waals surface area contributed by atoms with Crippen LogP contribution in [-0.4, -0.2) is 14.5 Å². The first-order valence-electron chi connectivity index (χ1n) is 5.79. The molecule has 98 valence electrons. The van der Waals surface area contributed by atoms with Crippen LogP contribution >= 0.6 is 22.9 Å². The van der Waals surface area contributed by atoms with Gasteiger partial charge < -0.3 is 4.57 Å². The number of benzene rings is 1. The molecule has 0 atom stereocenters. The van der Waals surface area contributed by atoms with E-state index >= 15 is 0 Å². The SMILES string of the molecule is Cc1ncsc1Cn1c(CCl)nc2c(F)cccc21. The highest BCUT2D eigenvalue weighted by Gasteiger charge is 2.14. The fourth-order valence-electron chi connectivity index (χ4n) is 2.06. The van der Waals surface area contributed by atoms with Crippen LogP contribution in [0.4, 0.5) is 4.39 Å². The molecule has 0 spiro atoms. The van der Waals surface area contributed by atoms with Crippen molar-refractivity contribution in [2.75, 3.05) is 0 Å². The molecule has 3 rings (SSSR count). The first-order chi connectivity index (χ1) is 9.20. The van der Waals surface area contributed by atoms with Gasteiger partial charge in [-0.15, -0.1) is 22.9 Å². The summed E-state index contributed by atoms with van der Waals surface area (Å²) >= 11 is 7.50. The molecule has 0 unspecified atom stereocenters. The summed E-state index contributed by atoms with van der Waals surface area (Å²) in [7, 11) is 0. The summed E-state index contributed by atoms with van der Waals surface area (Å²) in [5.41, 5.74) is 3.94. The number of nitrogens with zero attached hydrogens (tertiary/aromatic N) is 3. The van der Waals surface area contributed by atoms with Crippen LogP contribution in [0.1, 0.15) is 16.4 Å². The van der Waals surface area contributed by atoms with Crippen LogP contribution in [-0.2, 0) is 12.4 Å². The van der Waals surface area contributed by atoms with E-state index in [1.54, 1.807) is 17.4 Å². The van der Waals surface area contributed by atoms with E-state index in [0.717, 1.165) is 16.1 Å². The van der Waals surface area contributed by atoms with Gasteiger partial charge in [0, 0.05) is 4.88 Å². The van der Waals surface area contributed by atoms with Gasteiger partial charge in [-0.25, -0.2) is 14.4 Å². The lowest BCUT2D eigenvalue weighted by Crippen LogP contribution is -2.03. The Bertz CT molecular complexity index is 735. The Kier molecular flexibility index (Phi) is 3.24. The summed E-state index contributed by atoms with van der Waals surface area (Å²) in [5.74, 6) is 0.615. The van der Waals surface area contributed by atoms with E-state index in [0.29, 0.717) is 17.9 Å². The van der Waals surface area contributed by atoms with Crippen LogP contribution in [0.2, 0.25) is 0 Å². The highest BCUT2D eigenvalue weighted by atomic mass is 35.5. The first-order valence-corrected chi connectivity index (χ1v) is 7.20. The molecule has 0 saturated carbocycles. The fourth-order valence-corrected chi connectivity index (χ4v) is 3.03. The molecule has 3 aromatic rings. The molecule has 0 radical (unpaired) electrons. The van der Waals surface area contributed by atoms with Gasteiger partial charge in [-0.05, 0) is 19.1 Å². The number of aromatic nitrogens is 3. The number of imidazole rings is 1. The average molecular weight is 296 g/mol. The normalized spacial score (nSPS) is 11.3. The standard InChI is InChI=1S/C13H11ClFN3S/c1-8-11(19-7-16-8)6-18-10-4-2-3-9(15)13(10)17-12(18)5-14/h2-4,7H,5-6H2,1H3. The van der Waals surface area contributed by atoms with Crippen LogP contribution in [0, 0.1) is 12.7 Å². The smallest absolute Gasteiger partial charge is 0.151 e. The zero-order chi connectivity index (χ0) is 13.4. The van der Waals surface area contributed by atoms with Crippen molar-refractivity contribution >= 4 is 34.0 Å². The van der Waals surface area contributed by atoms with Crippen molar-refractivity contribution < 1.29 is 4.39 Å². The van der Waals surface area contributed by atoms with Gasteiger partial charge in [0.05, 0.1) is 29.1 Å². The Morgan fingerprint density at radius 2 is 2.26 bits per heavy atom. The maximum absolute atomic E-state index is 13.7. The molecule has 2 heterocycles. The Hall–Kier alpha value is -1.46. The molecule has 19 heavy (non-hydrogen) atoms. The second-order valence-corrected chi connectivity index (χ2v) is 5.42. The van der Waals surface area contributed by atoms with Gasteiger partial charge >= 0.3 is 0 Å². The number of halogens is 2. The summed E-state index contributed by atoms with van der Waals surface area (Å²) in [5, 5.41) is 0. The lowest BCUT2D eigenvalue weighted by atomic mass is 10.3. The van der Waals surface area contributed by atoms with Crippen molar-refractivity contribution in [3.8, 4) is 0 Å². The molecule has 3 nitrogen and oxygen atoms in total. The Labute approximate surface area is 118 Å². The lowest BCUT2D eigenvalue weighted by molar-refractivity contribution is 0.637. The highest BCUT2D eigenvalue weighted by molar-refractivity contribution is 7.09. The second kappa shape index (κ2) is 4.90. The van der Waals surface area contributed by atoms with Crippen LogP contribution in [0.3, 0.4) is 0 Å². The molecule has 0 aliphatic heterocycles. The Morgan fingerprint density at radius 3 is 2.95 bits per heavy atom. The molecule has 0 N–H and O–H groups in total. The van der Waals surface area contributed by atoms with E-state index in [4.69, 9.17) is 11.6 Å². The van der Waals surface area contributed by atoms with E-state index in [1.807, 2.05) is 23.1 Å². The van der Waals surface area contributed by atoms with Gasteiger partial charge in [0.1, 0.15) is 11.3 Å². The molecule has 6 heteroatoms. The predicted molar refractivity (Wildman–Crippen MR) is 75.2 cm³/mol. The molecule has 0 bridgehead atoms. The van der Waals surface area contributed by atoms with E-state index in [2.05, 4.69) is 9.97 Å². The minimum Gasteiger partial charge on any atom is -0.321 e. The van der Waals surface area contributed by atoms with Crippen molar-refractivity contribution in [3.63, 3.8) is 0 Å². The highest BCUT2D eigenvalue weighted by Crippen LogP contribution is 2.23. The molecule has 0 saturated heterocycles. The third-order valence-electron chi connectivity index (χ3n) is 3.07.